The molecule has 3 heterocycles. The fraction of sp³-hybridized carbons (Fsp3) is 0.318. The van der Waals surface area contributed by atoms with Crippen molar-refractivity contribution in [2.75, 3.05) is 32.8 Å². The molecular weight excluding hydrogens is 382 g/mol. The molecule has 3 N–H and O–H groups in total. The smallest absolute Gasteiger partial charge is 0.269 e. The summed E-state index contributed by atoms with van der Waals surface area (Å²) in [5.41, 5.74) is 2.19. The maximum atomic E-state index is 12.3. The predicted molar refractivity (Wildman–Crippen MR) is 112 cm³/mol. The Hall–Kier alpha value is -3.07. The van der Waals surface area contributed by atoms with Gasteiger partial charge in [0, 0.05) is 31.4 Å². The van der Waals surface area contributed by atoms with Crippen molar-refractivity contribution in [1.29, 1.82) is 0 Å². The zero-order chi connectivity index (χ0) is 20.8. The van der Waals surface area contributed by atoms with E-state index >= 15 is 0 Å². The lowest BCUT2D eigenvalue weighted by Gasteiger charge is -2.30. The zero-order valence-corrected chi connectivity index (χ0v) is 16.6. The van der Waals surface area contributed by atoms with E-state index in [1.54, 1.807) is 24.4 Å². The Morgan fingerprint density at radius 1 is 1.23 bits per heavy atom. The van der Waals surface area contributed by atoms with Crippen LogP contribution in [0.2, 0.25) is 0 Å². The molecule has 30 heavy (non-hydrogen) atoms. The lowest BCUT2D eigenvalue weighted by molar-refractivity contribution is -0.0345. The second-order valence-electron chi connectivity index (χ2n) is 7.52. The van der Waals surface area contributed by atoms with Gasteiger partial charge in [-0.15, -0.1) is 0 Å². The summed E-state index contributed by atoms with van der Waals surface area (Å²) in [7, 11) is 0. The number of hydrogen-bond donors (Lipinski definition) is 3. The first-order valence-corrected chi connectivity index (χ1v) is 9.92. The number of pyridine rings is 1. The summed E-state index contributed by atoms with van der Waals surface area (Å²) >= 11 is 0. The third-order valence-corrected chi connectivity index (χ3v) is 5.09. The van der Waals surface area contributed by atoms with Crippen LogP contribution in [-0.4, -0.2) is 69.5 Å². The summed E-state index contributed by atoms with van der Waals surface area (Å²) < 4.78 is 5.63. The van der Waals surface area contributed by atoms with Gasteiger partial charge < -0.3 is 15.2 Å². The summed E-state index contributed by atoms with van der Waals surface area (Å²) in [4.78, 5) is 18.5. The van der Waals surface area contributed by atoms with Gasteiger partial charge in [0.15, 0.2) is 0 Å². The number of carbonyl (C=O) groups is 1. The number of rotatable bonds is 6. The van der Waals surface area contributed by atoms with Gasteiger partial charge in [0.2, 0.25) is 0 Å². The molecule has 1 atom stereocenters. The number of hydrogen-bond acceptors (Lipinski definition) is 6. The van der Waals surface area contributed by atoms with E-state index in [1.165, 1.54) is 0 Å². The Morgan fingerprint density at radius 3 is 2.87 bits per heavy atom. The number of aromatic nitrogens is 3. The molecule has 8 heteroatoms. The fourth-order valence-corrected chi connectivity index (χ4v) is 3.60. The van der Waals surface area contributed by atoms with Crippen LogP contribution in [-0.2, 0) is 11.3 Å². The van der Waals surface area contributed by atoms with Gasteiger partial charge in [-0.25, -0.2) is 0 Å². The average Bonchev–Trinajstić information content (AvgIpc) is 3.16. The zero-order valence-electron chi connectivity index (χ0n) is 16.6. The first-order valence-electron chi connectivity index (χ1n) is 9.92. The van der Waals surface area contributed by atoms with Crippen LogP contribution < -0.4 is 5.32 Å². The van der Waals surface area contributed by atoms with Crippen LogP contribution in [0.1, 0.15) is 16.1 Å². The Balaban J connectivity index is 1.42. The molecule has 1 saturated heterocycles. The molecule has 1 amide bonds. The van der Waals surface area contributed by atoms with Crippen LogP contribution in [0.5, 0.6) is 0 Å². The van der Waals surface area contributed by atoms with Crippen molar-refractivity contribution in [2.24, 2.45) is 0 Å². The Morgan fingerprint density at radius 2 is 2.07 bits per heavy atom. The van der Waals surface area contributed by atoms with Crippen LogP contribution in [0.15, 0.2) is 60.9 Å². The van der Waals surface area contributed by atoms with E-state index in [2.05, 4.69) is 25.4 Å². The lowest BCUT2D eigenvalue weighted by Crippen LogP contribution is -2.52. The largest absolute Gasteiger partial charge is 0.384 e. The standard InChI is InChI=1S/C22H25N5O3/c28-21(19-8-4-5-9-23-19)24-14-22(29)15-27(10-11-30-16-22)13-18-12-25-26-20(18)17-6-2-1-3-7-17/h1-9,12,29H,10-11,13-16H2,(H,24,28)(H,25,26)/t22-/m1/s1. The van der Waals surface area contributed by atoms with Crippen LogP contribution in [0.3, 0.4) is 0 Å². The first kappa shape index (κ1) is 20.2. The number of β-amino-alcohol motifs (C(OH)–C–C–N with tert-alkyl or cyclic N) is 1. The van der Waals surface area contributed by atoms with E-state index in [1.807, 2.05) is 36.5 Å². The maximum Gasteiger partial charge on any atom is 0.269 e. The minimum absolute atomic E-state index is 0.0792. The van der Waals surface area contributed by atoms with Crippen molar-refractivity contribution in [3.05, 3.63) is 72.2 Å². The van der Waals surface area contributed by atoms with E-state index in [0.29, 0.717) is 31.9 Å². The summed E-state index contributed by atoms with van der Waals surface area (Å²) in [6.07, 6.45) is 3.38. The molecule has 156 valence electrons. The van der Waals surface area contributed by atoms with Crippen LogP contribution in [0.4, 0.5) is 0 Å². The quantitative estimate of drug-likeness (QED) is 0.572. The summed E-state index contributed by atoms with van der Waals surface area (Å²) in [6, 6.07) is 15.2. The molecule has 3 aromatic rings. The lowest BCUT2D eigenvalue weighted by atomic mass is 10.0. The first-order chi connectivity index (χ1) is 14.6. The van der Waals surface area contributed by atoms with Gasteiger partial charge in [0.1, 0.15) is 11.3 Å². The Bertz CT molecular complexity index is 963. The van der Waals surface area contributed by atoms with Gasteiger partial charge in [-0.05, 0) is 17.7 Å². The van der Waals surface area contributed by atoms with Crippen LogP contribution >= 0.6 is 0 Å². The highest BCUT2D eigenvalue weighted by molar-refractivity contribution is 5.92. The number of nitrogens with zero attached hydrogens (tertiary/aromatic N) is 3. The van der Waals surface area contributed by atoms with Gasteiger partial charge in [-0.1, -0.05) is 36.4 Å². The Labute approximate surface area is 174 Å². The number of carbonyl (C=O) groups excluding carboxylic acids is 1. The third kappa shape index (κ3) is 4.91. The molecular formula is C22H25N5O3. The van der Waals surface area contributed by atoms with Crippen molar-refractivity contribution in [1.82, 2.24) is 25.4 Å². The van der Waals surface area contributed by atoms with Crippen LogP contribution in [0, 0.1) is 0 Å². The fourth-order valence-electron chi connectivity index (χ4n) is 3.60. The van der Waals surface area contributed by atoms with Gasteiger partial charge >= 0.3 is 0 Å². The molecule has 8 nitrogen and oxygen atoms in total. The molecule has 1 fully saturated rings. The number of H-pyrrole nitrogens is 1. The molecule has 4 rings (SSSR count). The molecule has 2 aromatic heterocycles. The topological polar surface area (TPSA) is 103 Å². The van der Waals surface area contributed by atoms with E-state index < -0.39 is 5.60 Å². The number of nitrogens with one attached hydrogen (secondary N) is 2. The molecule has 1 aromatic carbocycles. The monoisotopic (exact) mass is 407 g/mol. The summed E-state index contributed by atoms with van der Waals surface area (Å²) in [5.74, 6) is -0.318. The van der Waals surface area contributed by atoms with Gasteiger partial charge in [0.25, 0.3) is 5.91 Å². The third-order valence-electron chi connectivity index (χ3n) is 5.09. The minimum atomic E-state index is -1.20. The van der Waals surface area contributed by atoms with Crippen molar-refractivity contribution in [3.8, 4) is 11.3 Å². The number of aromatic amines is 1. The van der Waals surface area contributed by atoms with E-state index in [4.69, 9.17) is 4.74 Å². The highest BCUT2D eigenvalue weighted by atomic mass is 16.5. The van der Waals surface area contributed by atoms with Gasteiger partial charge in [-0.2, -0.15) is 5.10 Å². The molecule has 0 aliphatic carbocycles. The molecule has 1 aliphatic rings. The summed E-state index contributed by atoms with van der Waals surface area (Å²) in [5, 5.41) is 21.2. The molecule has 0 bridgehead atoms. The molecule has 0 radical (unpaired) electrons. The molecule has 0 spiro atoms. The second-order valence-corrected chi connectivity index (χ2v) is 7.52. The number of benzene rings is 1. The summed E-state index contributed by atoms with van der Waals surface area (Å²) in [6.45, 7) is 2.40. The van der Waals surface area contributed by atoms with Crippen molar-refractivity contribution < 1.29 is 14.6 Å². The predicted octanol–water partition coefficient (Wildman–Crippen LogP) is 1.46. The molecule has 0 unspecified atom stereocenters. The maximum absolute atomic E-state index is 12.3. The Kier molecular flexibility index (Phi) is 6.18. The average molecular weight is 407 g/mol. The van der Waals surface area contributed by atoms with E-state index in [9.17, 15) is 9.90 Å². The molecule has 0 saturated carbocycles. The minimum Gasteiger partial charge on any atom is -0.384 e. The number of ether oxygens (including phenoxy) is 1. The normalized spacial score (nSPS) is 19.9. The number of amides is 1. The second kappa shape index (κ2) is 9.17. The SMILES string of the molecule is O=C(NC[C@]1(O)COCCN(Cc2cn[nH]c2-c2ccccc2)C1)c1ccccn1. The van der Waals surface area contributed by atoms with E-state index in [0.717, 1.165) is 16.8 Å². The molecule has 1 aliphatic heterocycles. The van der Waals surface area contributed by atoms with Crippen molar-refractivity contribution >= 4 is 5.91 Å². The highest BCUT2D eigenvalue weighted by Crippen LogP contribution is 2.23. The van der Waals surface area contributed by atoms with Crippen molar-refractivity contribution in [3.63, 3.8) is 0 Å². The van der Waals surface area contributed by atoms with Gasteiger partial charge in [-0.3, -0.25) is 19.8 Å². The number of aliphatic hydroxyl groups is 1. The highest BCUT2D eigenvalue weighted by Gasteiger charge is 2.33. The van der Waals surface area contributed by atoms with E-state index in [-0.39, 0.29) is 19.1 Å². The van der Waals surface area contributed by atoms with Gasteiger partial charge in [0.05, 0.1) is 31.6 Å². The van der Waals surface area contributed by atoms with Crippen LogP contribution in [0.25, 0.3) is 11.3 Å². The van der Waals surface area contributed by atoms with Crippen molar-refractivity contribution in [2.45, 2.75) is 12.1 Å².